The number of hydrazone groups is 1. The van der Waals surface area contributed by atoms with Gasteiger partial charge in [0.25, 0.3) is 0 Å². The van der Waals surface area contributed by atoms with Crippen LogP contribution >= 0.6 is 22.9 Å². The molecule has 1 aromatic carbocycles. The van der Waals surface area contributed by atoms with Crippen LogP contribution in [0.3, 0.4) is 0 Å². The van der Waals surface area contributed by atoms with E-state index in [1.54, 1.807) is 22.6 Å². The van der Waals surface area contributed by atoms with Gasteiger partial charge in [-0.1, -0.05) is 29.8 Å². The number of anilines is 1. The summed E-state index contributed by atoms with van der Waals surface area (Å²) in [7, 11) is 1.89. The molecule has 6 heteroatoms. The van der Waals surface area contributed by atoms with Crippen molar-refractivity contribution in [1.82, 2.24) is 9.38 Å². The van der Waals surface area contributed by atoms with E-state index in [4.69, 9.17) is 11.6 Å². The van der Waals surface area contributed by atoms with E-state index in [2.05, 4.69) is 10.1 Å². The maximum atomic E-state index is 6.10. The van der Waals surface area contributed by atoms with E-state index in [1.807, 2.05) is 53.4 Å². The fourth-order valence-electron chi connectivity index (χ4n) is 1.74. The highest BCUT2D eigenvalue weighted by Crippen LogP contribution is 2.20. The molecule has 0 bridgehead atoms. The molecule has 2 aromatic heterocycles. The molecule has 3 rings (SSSR count). The molecule has 4 nitrogen and oxygen atoms in total. The van der Waals surface area contributed by atoms with Gasteiger partial charge in [-0.3, -0.25) is 9.41 Å². The fourth-order valence-corrected chi connectivity index (χ4v) is 2.74. The largest absolute Gasteiger partial charge is 0.288 e. The quantitative estimate of drug-likeness (QED) is 0.546. The van der Waals surface area contributed by atoms with Gasteiger partial charge in [-0.15, -0.1) is 11.3 Å². The Morgan fingerprint density at radius 2 is 2.16 bits per heavy atom. The van der Waals surface area contributed by atoms with Crippen LogP contribution in [0, 0.1) is 0 Å². The van der Waals surface area contributed by atoms with Crippen molar-refractivity contribution in [2.45, 2.75) is 0 Å². The number of hydrogen-bond donors (Lipinski definition) is 0. The van der Waals surface area contributed by atoms with Crippen LogP contribution in [0.25, 0.3) is 4.96 Å². The van der Waals surface area contributed by atoms with E-state index in [-0.39, 0.29) is 0 Å². The van der Waals surface area contributed by atoms with Crippen molar-refractivity contribution in [2.24, 2.45) is 5.10 Å². The van der Waals surface area contributed by atoms with E-state index in [0.29, 0.717) is 5.15 Å². The van der Waals surface area contributed by atoms with Gasteiger partial charge in [0.15, 0.2) is 10.1 Å². The highest BCUT2D eigenvalue weighted by molar-refractivity contribution is 7.15. The summed E-state index contributed by atoms with van der Waals surface area (Å²) in [4.78, 5) is 5.13. The Balaban J connectivity index is 1.90. The molecule has 3 aromatic rings. The normalized spacial score (nSPS) is 11.5. The van der Waals surface area contributed by atoms with Gasteiger partial charge in [-0.25, -0.2) is 4.98 Å². The fraction of sp³-hybridized carbons (Fsp3) is 0.0769. The number of halogens is 1. The lowest BCUT2D eigenvalue weighted by molar-refractivity contribution is 1.02. The molecule has 0 unspecified atom stereocenters. The Morgan fingerprint density at radius 3 is 2.95 bits per heavy atom. The van der Waals surface area contributed by atoms with Crippen molar-refractivity contribution >= 4 is 39.8 Å². The lowest BCUT2D eigenvalue weighted by Gasteiger charge is -2.11. The zero-order chi connectivity index (χ0) is 13.2. The first-order chi connectivity index (χ1) is 9.25. The second-order valence-corrected chi connectivity index (χ2v) is 5.18. The molecule has 0 N–H and O–H groups in total. The van der Waals surface area contributed by atoms with Gasteiger partial charge >= 0.3 is 0 Å². The molecule has 0 aliphatic rings. The van der Waals surface area contributed by atoms with Crippen molar-refractivity contribution in [3.05, 3.63) is 52.8 Å². The molecule has 0 saturated carbocycles. The summed E-state index contributed by atoms with van der Waals surface area (Å²) in [6, 6.07) is 9.92. The summed E-state index contributed by atoms with van der Waals surface area (Å²) in [6.07, 6.45) is 3.66. The van der Waals surface area contributed by atoms with Crippen molar-refractivity contribution < 1.29 is 0 Å². The van der Waals surface area contributed by atoms with Crippen molar-refractivity contribution in [1.29, 1.82) is 0 Å². The van der Waals surface area contributed by atoms with E-state index in [1.165, 1.54) is 0 Å². The predicted octanol–water partition coefficient (Wildman–Crippen LogP) is 3.52. The number of para-hydroxylation sites is 1. The van der Waals surface area contributed by atoms with Gasteiger partial charge in [-0.05, 0) is 12.1 Å². The van der Waals surface area contributed by atoms with E-state index < -0.39 is 0 Å². The number of aromatic nitrogens is 2. The van der Waals surface area contributed by atoms with E-state index in [9.17, 15) is 0 Å². The second kappa shape index (κ2) is 5.03. The minimum atomic E-state index is 0.470. The topological polar surface area (TPSA) is 32.9 Å². The van der Waals surface area contributed by atoms with Crippen molar-refractivity contribution in [2.75, 3.05) is 12.1 Å². The summed E-state index contributed by atoms with van der Waals surface area (Å²) in [5.74, 6) is 0. The number of thiazole rings is 1. The Kier molecular flexibility index (Phi) is 3.23. The zero-order valence-electron chi connectivity index (χ0n) is 10.2. The van der Waals surface area contributed by atoms with Gasteiger partial charge in [0, 0.05) is 18.6 Å². The highest BCUT2D eigenvalue weighted by atomic mass is 35.5. The summed E-state index contributed by atoms with van der Waals surface area (Å²) in [5.41, 5.74) is 1.81. The van der Waals surface area contributed by atoms with Gasteiger partial charge < -0.3 is 0 Å². The molecule has 0 saturated heterocycles. The maximum absolute atomic E-state index is 6.10. The van der Waals surface area contributed by atoms with E-state index >= 15 is 0 Å². The monoisotopic (exact) mass is 290 g/mol. The molecule has 2 heterocycles. The molecule has 96 valence electrons. The third kappa shape index (κ3) is 2.34. The van der Waals surface area contributed by atoms with Crippen LogP contribution in [-0.2, 0) is 0 Å². The number of hydrogen-bond acceptors (Lipinski definition) is 4. The number of fused-ring (bicyclic) bond motifs is 1. The SMILES string of the molecule is CN(/N=C\c1c(Cl)nc2sccn12)c1ccccc1. The number of imidazole rings is 1. The van der Waals surface area contributed by atoms with Gasteiger partial charge in [0.05, 0.1) is 11.9 Å². The third-order valence-corrected chi connectivity index (χ3v) is 3.77. The van der Waals surface area contributed by atoms with Gasteiger partial charge in [-0.2, -0.15) is 5.10 Å². The molecule has 0 radical (unpaired) electrons. The van der Waals surface area contributed by atoms with Gasteiger partial charge in [0.2, 0.25) is 0 Å². The Morgan fingerprint density at radius 1 is 1.37 bits per heavy atom. The van der Waals surface area contributed by atoms with Crippen molar-refractivity contribution in [3.63, 3.8) is 0 Å². The molecule has 0 spiro atoms. The molecular weight excluding hydrogens is 280 g/mol. The number of nitrogens with zero attached hydrogens (tertiary/aromatic N) is 4. The lowest BCUT2D eigenvalue weighted by atomic mass is 10.3. The molecule has 0 fully saturated rings. The lowest BCUT2D eigenvalue weighted by Crippen LogP contribution is -2.09. The van der Waals surface area contributed by atoms with Crippen LogP contribution < -0.4 is 5.01 Å². The average Bonchev–Trinajstić information content (AvgIpc) is 2.98. The first kappa shape index (κ1) is 12.2. The van der Waals surface area contributed by atoms with Gasteiger partial charge in [0.1, 0.15) is 5.69 Å². The molecule has 0 aliphatic heterocycles. The Hall–Kier alpha value is -1.85. The van der Waals surface area contributed by atoms with Crippen LogP contribution in [0.2, 0.25) is 5.15 Å². The Labute approximate surface area is 119 Å². The minimum absolute atomic E-state index is 0.470. The highest BCUT2D eigenvalue weighted by Gasteiger charge is 2.09. The molecule has 19 heavy (non-hydrogen) atoms. The van der Waals surface area contributed by atoms with Crippen LogP contribution in [-0.4, -0.2) is 22.6 Å². The standard InChI is InChI=1S/C13H11ClN4S/c1-17(10-5-3-2-4-6-10)15-9-11-12(14)16-13-18(11)7-8-19-13/h2-9H,1H3/b15-9-. The smallest absolute Gasteiger partial charge is 0.195 e. The second-order valence-electron chi connectivity index (χ2n) is 3.95. The maximum Gasteiger partial charge on any atom is 0.195 e. The van der Waals surface area contributed by atoms with Crippen LogP contribution in [0.4, 0.5) is 5.69 Å². The predicted molar refractivity (Wildman–Crippen MR) is 80.5 cm³/mol. The number of benzene rings is 1. The van der Waals surface area contributed by atoms with Crippen LogP contribution in [0.1, 0.15) is 5.69 Å². The zero-order valence-corrected chi connectivity index (χ0v) is 11.8. The summed E-state index contributed by atoms with van der Waals surface area (Å²) in [6.45, 7) is 0. The summed E-state index contributed by atoms with van der Waals surface area (Å²) >= 11 is 7.65. The molecule has 0 amide bonds. The van der Waals surface area contributed by atoms with Crippen molar-refractivity contribution in [3.8, 4) is 0 Å². The average molecular weight is 291 g/mol. The van der Waals surface area contributed by atoms with Crippen LogP contribution in [0.5, 0.6) is 0 Å². The summed E-state index contributed by atoms with van der Waals surface area (Å²) < 4.78 is 1.93. The minimum Gasteiger partial charge on any atom is -0.288 e. The Bertz CT molecular complexity index is 717. The summed E-state index contributed by atoms with van der Waals surface area (Å²) in [5, 5.41) is 8.63. The number of rotatable bonds is 3. The first-order valence-electron chi connectivity index (χ1n) is 5.69. The molecule has 0 aliphatic carbocycles. The molecule has 0 atom stereocenters. The molecular formula is C13H11ClN4S. The first-order valence-corrected chi connectivity index (χ1v) is 6.95. The van der Waals surface area contributed by atoms with Crippen LogP contribution in [0.15, 0.2) is 47.0 Å². The van der Waals surface area contributed by atoms with E-state index in [0.717, 1.165) is 16.3 Å². The third-order valence-electron chi connectivity index (χ3n) is 2.74.